The highest BCUT2D eigenvalue weighted by molar-refractivity contribution is 9.10. The van der Waals surface area contributed by atoms with E-state index in [1.54, 1.807) is 24.3 Å². The molecule has 0 aliphatic carbocycles. The average molecular weight is 436 g/mol. The Bertz CT molecular complexity index is 779. The highest BCUT2D eigenvalue weighted by atomic mass is 79.9. The van der Waals surface area contributed by atoms with Gasteiger partial charge in [-0.15, -0.1) is 0 Å². The first kappa shape index (κ1) is 16.1. The van der Waals surface area contributed by atoms with Crippen LogP contribution in [0, 0.1) is 0 Å². The van der Waals surface area contributed by atoms with E-state index in [1.807, 2.05) is 0 Å². The minimum atomic E-state index is -3.78. The number of hydrogen-bond donors (Lipinski definition) is 2. The lowest BCUT2D eigenvalue weighted by molar-refractivity contribution is 0.412. The average Bonchev–Trinajstić information content (AvgIpc) is 2.43. The summed E-state index contributed by atoms with van der Waals surface area (Å²) in [6.07, 6.45) is 0. The number of sulfonamides is 1. The minimum Gasteiger partial charge on any atom is -0.495 e. The van der Waals surface area contributed by atoms with Crippen molar-refractivity contribution in [2.75, 3.05) is 17.6 Å². The van der Waals surface area contributed by atoms with E-state index >= 15 is 0 Å². The van der Waals surface area contributed by atoms with Crippen molar-refractivity contribution in [2.45, 2.75) is 4.90 Å². The van der Waals surface area contributed by atoms with E-state index in [4.69, 9.17) is 10.5 Å². The van der Waals surface area contributed by atoms with Gasteiger partial charge in [0.1, 0.15) is 10.6 Å². The van der Waals surface area contributed by atoms with Crippen LogP contribution in [-0.2, 0) is 10.0 Å². The summed E-state index contributed by atoms with van der Waals surface area (Å²) in [7, 11) is -2.28. The van der Waals surface area contributed by atoms with Crippen molar-refractivity contribution in [3.05, 3.63) is 45.3 Å². The Morgan fingerprint density at radius 2 is 1.86 bits per heavy atom. The molecule has 0 amide bonds. The van der Waals surface area contributed by atoms with Crippen LogP contribution in [0.1, 0.15) is 0 Å². The molecule has 2 rings (SSSR count). The van der Waals surface area contributed by atoms with Crippen LogP contribution in [0.4, 0.5) is 11.4 Å². The van der Waals surface area contributed by atoms with Crippen molar-refractivity contribution >= 4 is 53.3 Å². The standard InChI is InChI=1S/C13H12Br2N2O3S/c1-20-12-7-9(3-4-10(12)15)17-21(18,19)13-6-8(14)2-5-11(13)16/h2-7,17H,16H2,1H3. The number of nitrogens with two attached hydrogens (primary N) is 1. The molecule has 8 heteroatoms. The van der Waals surface area contributed by atoms with Crippen molar-refractivity contribution < 1.29 is 13.2 Å². The van der Waals surface area contributed by atoms with E-state index in [0.29, 0.717) is 15.9 Å². The van der Waals surface area contributed by atoms with Gasteiger partial charge in [0.2, 0.25) is 0 Å². The molecule has 0 aliphatic rings. The lowest BCUT2D eigenvalue weighted by Crippen LogP contribution is -2.14. The molecular formula is C13H12Br2N2O3S. The van der Waals surface area contributed by atoms with Gasteiger partial charge < -0.3 is 10.5 Å². The number of nitrogen functional groups attached to an aromatic ring is 1. The van der Waals surface area contributed by atoms with Crippen molar-refractivity contribution in [3.63, 3.8) is 0 Å². The maximum Gasteiger partial charge on any atom is 0.263 e. The Kier molecular flexibility index (Phi) is 4.80. The maximum atomic E-state index is 12.4. The van der Waals surface area contributed by atoms with Crippen LogP contribution >= 0.6 is 31.9 Å². The van der Waals surface area contributed by atoms with Crippen LogP contribution in [0.5, 0.6) is 5.75 Å². The van der Waals surface area contributed by atoms with E-state index in [-0.39, 0.29) is 10.6 Å². The molecule has 0 aliphatic heterocycles. The molecule has 0 aromatic heterocycles. The Hall–Kier alpha value is -1.25. The number of nitrogens with one attached hydrogen (secondary N) is 1. The van der Waals surface area contributed by atoms with Crippen LogP contribution in [0.25, 0.3) is 0 Å². The third-order valence-corrected chi connectivity index (χ3v) is 5.25. The Morgan fingerprint density at radius 3 is 2.52 bits per heavy atom. The number of anilines is 2. The summed E-state index contributed by atoms with van der Waals surface area (Å²) in [5, 5.41) is 0. The molecule has 112 valence electrons. The molecule has 0 unspecified atom stereocenters. The SMILES string of the molecule is COc1cc(NS(=O)(=O)c2cc(Br)ccc2N)ccc1Br. The predicted octanol–water partition coefficient (Wildman–Crippen LogP) is 3.60. The fraction of sp³-hybridized carbons (Fsp3) is 0.0769. The number of ether oxygens (including phenoxy) is 1. The van der Waals surface area contributed by atoms with Crippen LogP contribution in [0.3, 0.4) is 0 Å². The minimum absolute atomic E-state index is 0.0127. The van der Waals surface area contributed by atoms with E-state index in [1.165, 1.54) is 19.2 Å². The highest BCUT2D eigenvalue weighted by Gasteiger charge is 2.18. The summed E-state index contributed by atoms with van der Waals surface area (Å²) in [5.41, 5.74) is 6.30. The van der Waals surface area contributed by atoms with Crippen molar-refractivity contribution in [2.24, 2.45) is 0 Å². The van der Waals surface area contributed by atoms with Gasteiger partial charge in [-0.3, -0.25) is 4.72 Å². The zero-order valence-electron chi connectivity index (χ0n) is 10.9. The second-order valence-corrected chi connectivity index (χ2v) is 7.56. The predicted molar refractivity (Wildman–Crippen MR) is 90.1 cm³/mol. The van der Waals surface area contributed by atoms with E-state index in [2.05, 4.69) is 36.6 Å². The van der Waals surface area contributed by atoms with Gasteiger partial charge in [-0.1, -0.05) is 15.9 Å². The van der Waals surface area contributed by atoms with E-state index in [0.717, 1.165) is 4.47 Å². The molecule has 0 bridgehead atoms. The second kappa shape index (κ2) is 6.25. The van der Waals surface area contributed by atoms with Gasteiger partial charge in [0.15, 0.2) is 0 Å². The molecule has 0 spiro atoms. The van der Waals surface area contributed by atoms with Gasteiger partial charge in [0.25, 0.3) is 10.0 Å². The summed E-state index contributed by atoms with van der Waals surface area (Å²) >= 11 is 6.54. The van der Waals surface area contributed by atoms with E-state index < -0.39 is 10.0 Å². The molecule has 0 radical (unpaired) electrons. The van der Waals surface area contributed by atoms with Gasteiger partial charge in [-0.2, -0.15) is 0 Å². The maximum absolute atomic E-state index is 12.4. The summed E-state index contributed by atoms with van der Waals surface area (Å²) in [6.45, 7) is 0. The van der Waals surface area contributed by atoms with Gasteiger partial charge in [-0.25, -0.2) is 8.42 Å². The zero-order valence-corrected chi connectivity index (χ0v) is 14.9. The molecule has 2 aromatic carbocycles. The van der Waals surface area contributed by atoms with Crippen molar-refractivity contribution in [1.29, 1.82) is 0 Å². The smallest absolute Gasteiger partial charge is 0.263 e. The van der Waals surface area contributed by atoms with Crippen LogP contribution in [0.15, 0.2) is 50.2 Å². The normalized spacial score (nSPS) is 11.2. The van der Waals surface area contributed by atoms with Gasteiger partial charge in [0.05, 0.1) is 23.0 Å². The zero-order chi connectivity index (χ0) is 15.6. The number of benzene rings is 2. The summed E-state index contributed by atoms with van der Waals surface area (Å²) < 4.78 is 33.8. The topological polar surface area (TPSA) is 81.4 Å². The fourth-order valence-electron chi connectivity index (χ4n) is 1.67. The van der Waals surface area contributed by atoms with Gasteiger partial charge in [0, 0.05) is 10.5 Å². The molecule has 0 saturated carbocycles. The number of hydrogen-bond acceptors (Lipinski definition) is 4. The lowest BCUT2D eigenvalue weighted by atomic mass is 10.3. The van der Waals surface area contributed by atoms with Gasteiger partial charge >= 0.3 is 0 Å². The number of methoxy groups -OCH3 is 1. The number of rotatable bonds is 4. The van der Waals surface area contributed by atoms with Crippen LogP contribution in [0.2, 0.25) is 0 Å². The monoisotopic (exact) mass is 434 g/mol. The van der Waals surface area contributed by atoms with E-state index in [9.17, 15) is 8.42 Å². The molecule has 0 atom stereocenters. The lowest BCUT2D eigenvalue weighted by Gasteiger charge is -2.12. The fourth-order valence-corrected chi connectivity index (χ4v) is 3.80. The first-order chi connectivity index (χ1) is 9.83. The number of halogens is 2. The summed E-state index contributed by atoms with van der Waals surface area (Å²) in [5.74, 6) is 0.525. The van der Waals surface area contributed by atoms with Gasteiger partial charge in [-0.05, 0) is 46.3 Å². The van der Waals surface area contributed by atoms with Crippen molar-refractivity contribution in [1.82, 2.24) is 0 Å². The second-order valence-electron chi connectivity index (χ2n) is 4.14. The molecule has 0 saturated heterocycles. The third-order valence-electron chi connectivity index (χ3n) is 2.67. The first-order valence-corrected chi connectivity index (χ1v) is 8.82. The first-order valence-electron chi connectivity index (χ1n) is 5.75. The summed E-state index contributed by atoms with van der Waals surface area (Å²) in [4.78, 5) is 0.0127. The Morgan fingerprint density at radius 1 is 1.14 bits per heavy atom. The summed E-state index contributed by atoms with van der Waals surface area (Å²) in [6, 6.07) is 9.56. The van der Waals surface area contributed by atoms with Crippen molar-refractivity contribution in [3.8, 4) is 5.75 Å². The van der Waals surface area contributed by atoms with Crippen LogP contribution < -0.4 is 15.2 Å². The third kappa shape index (κ3) is 3.69. The molecule has 5 nitrogen and oxygen atoms in total. The quantitative estimate of drug-likeness (QED) is 0.718. The molecule has 0 fully saturated rings. The molecule has 2 aromatic rings. The van der Waals surface area contributed by atoms with Crippen LogP contribution in [-0.4, -0.2) is 15.5 Å². The Balaban J connectivity index is 2.40. The Labute approximate surface area is 139 Å². The molecule has 3 N–H and O–H groups in total. The molecule has 0 heterocycles. The largest absolute Gasteiger partial charge is 0.495 e. The molecule has 21 heavy (non-hydrogen) atoms. The molecular weight excluding hydrogens is 424 g/mol. The highest BCUT2D eigenvalue weighted by Crippen LogP contribution is 2.30.